The molecule has 0 unspecified atom stereocenters. The van der Waals surface area contributed by atoms with E-state index in [1.165, 1.54) is 6.08 Å². The summed E-state index contributed by atoms with van der Waals surface area (Å²) in [5, 5.41) is 22.8. The van der Waals surface area contributed by atoms with Crippen LogP contribution in [-0.4, -0.2) is 99.9 Å². The van der Waals surface area contributed by atoms with Crippen LogP contribution >= 0.6 is 0 Å². The molecule has 2 spiro atoms. The van der Waals surface area contributed by atoms with Gasteiger partial charge in [0.15, 0.2) is 12.4 Å². The van der Waals surface area contributed by atoms with Gasteiger partial charge in [-0.05, 0) is 95.6 Å². The van der Waals surface area contributed by atoms with Crippen molar-refractivity contribution in [1.82, 2.24) is 0 Å². The Morgan fingerprint density at radius 1 is 0.931 bits per heavy atom. The van der Waals surface area contributed by atoms with Gasteiger partial charge in [0.2, 0.25) is 11.6 Å². The fraction of sp³-hybridized carbons (Fsp3) is 0.886. The van der Waals surface area contributed by atoms with Crippen LogP contribution in [0.3, 0.4) is 0 Å². The van der Waals surface area contributed by atoms with Crippen LogP contribution in [0.5, 0.6) is 0 Å². The van der Waals surface area contributed by atoms with E-state index in [1.807, 2.05) is 48.5 Å². The molecule has 0 bridgehead atoms. The lowest BCUT2D eigenvalue weighted by Gasteiger charge is -2.53. The number of carbonyl (C=O) groups excluding carboxylic acids is 3. The van der Waals surface area contributed by atoms with Crippen LogP contribution in [0.2, 0.25) is 0 Å². The zero-order chi connectivity index (χ0) is 43.2. The Hall–Kier alpha value is -1.94. The lowest BCUT2D eigenvalue weighted by atomic mass is 9.72. The molecule has 0 saturated carbocycles. The first-order chi connectivity index (χ1) is 27.0. The fourth-order valence-corrected chi connectivity index (χ4v) is 10.6. The topological polar surface area (TPSA) is 147 Å². The minimum absolute atomic E-state index is 0.0468. The largest absolute Gasteiger partial charge is 0.456 e. The predicted molar refractivity (Wildman–Crippen MR) is 207 cm³/mol. The molecule has 5 heterocycles. The second kappa shape index (κ2) is 17.8. The Bertz CT molecular complexity index is 1510. The third-order valence-corrected chi connectivity index (χ3v) is 14.7. The van der Waals surface area contributed by atoms with Crippen molar-refractivity contribution in [1.29, 1.82) is 0 Å². The summed E-state index contributed by atoms with van der Waals surface area (Å²) in [7, 11) is 0. The van der Waals surface area contributed by atoms with Crippen LogP contribution < -0.4 is 0 Å². The molecule has 4 fully saturated rings. The van der Waals surface area contributed by atoms with Gasteiger partial charge in [-0.3, -0.25) is 14.4 Å². The van der Waals surface area contributed by atoms with E-state index in [0.29, 0.717) is 51.4 Å². The van der Waals surface area contributed by atoms with Gasteiger partial charge in [-0.1, -0.05) is 55.4 Å². The number of ketones is 2. The van der Waals surface area contributed by atoms with Gasteiger partial charge in [-0.2, -0.15) is 13.2 Å². The molecular formula is C44H69F3O11. The van der Waals surface area contributed by atoms with Gasteiger partial charge < -0.3 is 38.6 Å². The first kappa shape index (κ1) is 47.1. The molecule has 0 aromatic rings. The predicted octanol–water partition coefficient (Wildman–Crippen LogP) is 7.42. The van der Waals surface area contributed by atoms with E-state index >= 15 is 0 Å². The van der Waals surface area contributed by atoms with Crippen LogP contribution in [0.1, 0.15) is 133 Å². The first-order valence-electron chi connectivity index (χ1n) is 21.8. The van der Waals surface area contributed by atoms with Crippen molar-refractivity contribution < 1.29 is 66.2 Å². The lowest BCUT2D eigenvalue weighted by molar-refractivity contribution is -0.378. The Balaban J connectivity index is 1.29. The van der Waals surface area contributed by atoms with Gasteiger partial charge in [-0.15, -0.1) is 0 Å². The van der Waals surface area contributed by atoms with Crippen LogP contribution in [0.4, 0.5) is 13.2 Å². The summed E-state index contributed by atoms with van der Waals surface area (Å²) in [5.41, 5.74) is -1.78. The number of alkyl halides is 3. The normalized spacial score (nSPS) is 42.2. The number of carbonyl (C=O) groups is 3. The Labute approximate surface area is 342 Å². The second-order valence-corrected chi connectivity index (χ2v) is 18.6. The molecule has 0 aromatic heterocycles. The molecule has 0 amide bonds. The van der Waals surface area contributed by atoms with Crippen molar-refractivity contribution in [2.24, 2.45) is 41.4 Å². The molecule has 5 aliphatic rings. The molecule has 14 heteroatoms. The highest BCUT2D eigenvalue weighted by Gasteiger charge is 2.63. The SMILES string of the molecule is CC[C@@H](C(=O)[C@@H](C)[C@@H](O)[C@H](C)[C@@H]1O[C@@H]([C@@H](CC)C(=O)OCC(F)(F)F)CC[C@@H]1C)[C@H]1O[C@]2(C=CC(=O)[C@]3(CC[C@@](C)([C@H]4CC[C@](O)(CC)[C@H](C)O4)O3)O2)[C@H](C)C[C@@H]1C. The van der Waals surface area contributed by atoms with Crippen molar-refractivity contribution in [3.63, 3.8) is 0 Å². The zero-order valence-corrected chi connectivity index (χ0v) is 36.1. The van der Waals surface area contributed by atoms with Crippen molar-refractivity contribution in [3.05, 3.63) is 12.2 Å². The van der Waals surface area contributed by atoms with Crippen molar-refractivity contribution in [3.8, 4) is 0 Å². The average Bonchev–Trinajstić information content (AvgIpc) is 3.52. The number of rotatable bonds is 13. The summed E-state index contributed by atoms with van der Waals surface area (Å²) in [6.45, 7) is 17.2. The molecule has 11 nitrogen and oxygen atoms in total. The standard InChI is InChI=1S/C44H69F3O11/c1-11-30(39(51)53-23-44(45,46)47)32-15-14-24(4)37(55-32)28(8)35(49)27(7)36(50)31(12-2)38-25(5)22-26(6)42(56-38)19-16-33(48)43(58-42)21-20-40(10,57-43)34-17-18-41(52,13-3)29(9)54-34/h16,19,24-32,34-35,37-38,49,52H,11-15,17-18,20-23H2,1-10H3/t24-,25-,26+,27-,28-,29-,30+,31-,32+,34+,35+,37+,38-,40-,41+,42-,43-/m0/s1. The van der Waals surface area contributed by atoms with E-state index in [2.05, 4.69) is 4.74 Å². The van der Waals surface area contributed by atoms with Crippen LogP contribution in [0.15, 0.2) is 12.2 Å². The van der Waals surface area contributed by atoms with Gasteiger partial charge in [0.1, 0.15) is 5.78 Å². The highest BCUT2D eigenvalue weighted by molar-refractivity contribution is 5.97. The van der Waals surface area contributed by atoms with Gasteiger partial charge in [-0.25, -0.2) is 0 Å². The Morgan fingerprint density at radius 3 is 2.21 bits per heavy atom. The maximum Gasteiger partial charge on any atom is 0.422 e. The number of hydrogen-bond donors (Lipinski definition) is 2. The molecular weight excluding hydrogens is 761 g/mol. The number of esters is 1. The number of ether oxygens (including phenoxy) is 6. The summed E-state index contributed by atoms with van der Waals surface area (Å²) in [6, 6.07) is 0. The van der Waals surface area contributed by atoms with E-state index in [4.69, 9.17) is 23.7 Å². The van der Waals surface area contributed by atoms with Crippen molar-refractivity contribution in [2.75, 3.05) is 6.61 Å². The van der Waals surface area contributed by atoms with Crippen molar-refractivity contribution >= 4 is 17.5 Å². The van der Waals surface area contributed by atoms with E-state index in [9.17, 15) is 37.8 Å². The fourth-order valence-electron chi connectivity index (χ4n) is 10.6. The highest BCUT2D eigenvalue weighted by Crippen LogP contribution is 2.53. The molecule has 17 atom stereocenters. The average molecular weight is 831 g/mol. The lowest BCUT2D eigenvalue weighted by Crippen LogP contribution is -2.62. The summed E-state index contributed by atoms with van der Waals surface area (Å²) in [6.07, 6.45) is -0.458. The maximum absolute atomic E-state index is 14.5. The number of halogens is 3. The van der Waals surface area contributed by atoms with E-state index < -0.39 is 95.7 Å². The second-order valence-electron chi connectivity index (χ2n) is 18.6. The Kier molecular flexibility index (Phi) is 14.5. The molecule has 58 heavy (non-hydrogen) atoms. The number of Topliss-reactive ketones (excluding diaryl/α,β-unsaturated/α-hetero) is 1. The quantitative estimate of drug-likeness (QED) is 0.179. The van der Waals surface area contributed by atoms with E-state index in [-0.39, 0.29) is 48.3 Å². The van der Waals surface area contributed by atoms with E-state index in [0.717, 1.165) is 0 Å². The summed E-state index contributed by atoms with van der Waals surface area (Å²) < 4.78 is 76.1. The third kappa shape index (κ3) is 9.28. The minimum atomic E-state index is -4.64. The molecule has 0 aromatic carbocycles. The molecule has 2 N–H and O–H groups in total. The Morgan fingerprint density at radius 2 is 1.60 bits per heavy atom. The number of aliphatic hydroxyl groups excluding tert-OH is 1. The van der Waals surface area contributed by atoms with Gasteiger partial charge in [0.25, 0.3) is 0 Å². The highest BCUT2D eigenvalue weighted by atomic mass is 19.4. The van der Waals surface area contributed by atoms with Gasteiger partial charge in [0.05, 0.1) is 53.7 Å². The smallest absolute Gasteiger partial charge is 0.422 e. The summed E-state index contributed by atoms with van der Waals surface area (Å²) in [4.78, 5) is 40.9. The molecule has 4 saturated heterocycles. The molecule has 5 aliphatic heterocycles. The molecule has 0 aliphatic carbocycles. The number of hydrogen-bond acceptors (Lipinski definition) is 11. The summed E-state index contributed by atoms with van der Waals surface area (Å²) in [5.74, 6) is -7.67. The van der Waals surface area contributed by atoms with Gasteiger partial charge in [0, 0.05) is 30.1 Å². The molecule has 332 valence electrons. The van der Waals surface area contributed by atoms with E-state index in [1.54, 1.807) is 26.8 Å². The molecule has 5 rings (SSSR count). The molecule has 0 radical (unpaired) electrons. The van der Waals surface area contributed by atoms with Gasteiger partial charge >= 0.3 is 12.1 Å². The maximum atomic E-state index is 14.5. The van der Waals surface area contributed by atoms with Crippen molar-refractivity contribution in [2.45, 2.75) is 199 Å². The minimum Gasteiger partial charge on any atom is -0.456 e. The number of aliphatic hydroxyl groups is 2. The monoisotopic (exact) mass is 830 g/mol. The first-order valence-corrected chi connectivity index (χ1v) is 21.8. The summed E-state index contributed by atoms with van der Waals surface area (Å²) >= 11 is 0. The van der Waals surface area contributed by atoms with Crippen LogP contribution in [0, 0.1) is 41.4 Å². The van der Waals surface area contributed by atoms with Crippen LogP contribution in [-0.2, 0) is 42.8 Å². The third-order valence-electron chi connectivity index (χ3n) is 14.7. The zero-order valence-electron chi connectivity index (χ0n) is 36.1. The van der Waals surface area contributed by atoms with Crippen LogP contribution in [0.25, 0.3) is 0 Å².